The first-order chi connectivity index (χ1) is 8.99. The summed E-state index contributed by atoms with van der Waals surface area (Å²) in [5.41, 5.74) is 0. The number of carbonyl (C=O) groups is 1. The van der Waals surface area contributed by atoms with Crippen molar-refractivity contribution < 1.29 is 23.4 Å². The Morgan fingerprint density at radius 1 is 1.16 bits per heavy atom. The fourth-order valence-electron chi connectivity index (χ4n) is 1.27. The number of hydrogen-bond acceptors (Lipinski definition) is 5. The minimum atomic E-state index is -3.74. The molecular formula is C11H16N2O5S. The fraction of sp³-hybridized carbons (Fsp3) is 0.364. The predicted molar refractivity (Wildman–Crippen MR) is 67.7 cm³/mol. The van der Waals surface area contributed by atoms with Crippen LogP contribution in [0.5, 0.6) is 0 Å². The standard InChI is InChI=1S/C11H16N2O5S/c14-7-9(8-15)13-11(16)6-12-19(17,18)10-4-2-1-3-5-10/h1-5,9,12,14-15H,6-8H2,(H,13,16). The molecule has 7 nitrogen and oxygen atoms in total. The zero-order chi connectivity index (χ0) is 14.3. The van der Waals surface area contributed by atoms with Crippen LogP contribution in [0.15, 0.2) is 35.2 Å². The van der Waals surface area contributed by atoms with Gasteiger partial charge in [-0.2, -0.15) is 0 Å². The number of benzene rings is 1. The van der Waals surface area contributed by atoms with Crippen molar-refractivity contribution in [1.29, 1.82) is 0 Å². The van der Waals surface area contributed by atoms with Gasteiger partial charge in [-0.25, -0.2) is 13.1 Å². The maximum Gasteiger partial charge on any atom is 0.241 e. The van der Waals surface area contributed by atoms with Crippen molar-refractivity contribution >= 4 is 15.9 Å². The summed E-state index contributed by atoms with van der Waals surface area (Å²) in [5.74, 6) is -0.632. The van der Waals surface area contributed by atoms with E-state index in [1.807, 2.05) is 0 Å². The van der Waals surface area contributed by atoms with Gasteiger partial charge < -0.3 is 15.5 Å². The van der Waals surface area contributed by atoms with Crippen LogP contribution in [0.1, 0.15) is 0 Å². The van der Waals surface area contributed by atoms with Crippen LogP contribution in [0.3, 0.4) is 0 Å². The summed E-state index contributed by atoms with van der Waals surface area (Å²) in [5, 5.41) is 19.8. The summed E-state index contributed by atoms with van der Waals surface area (Å²) in [6, 6.07) is 6.84. The van der Waals surface area contributed by atoms with E-state index in [1.165, 1.54) is 12.1 Å². The van der Waals surface area contributed by atoms with Crippen LogP contribution in [0.4, 0.5) is 0 Å². The number of amides is 1. The molecule has 1 aromatic carbocycles. The van der Waals surface area contributed by atoms with Crippen molar-refractivity contribution in [1.82, 2.24) is 10.0 Å². The molecule has 0 heterocycles. The van der Waals surface area contributed by atoms with Crippen molar-refractivity contribution in [3.63, 3.8) is 0 Å². The van der Waals surface area contributed by atoms with E-state index in [2.05, 4.69) is 10.0 Å². The van der Waals surface area contributed by atoms with Gasteiger partial charge in [-0.3, -0.25) is 4.79 Å². The van der Waals surface area contributed by atoms with Crippen molar-refractivity contribution in [2.24, 2.45) is 0 Å². The largest absolute Gasteiger partial charge is 0.394 e. The molecule has 0 spiro atoms. The smallest absolute Gasteiger partial charge is 0.241 e. The summed E-state index contributed by atoms with van der Waals surface area (Å²) in [6.07, 6.45) is 0. The molecular weight excluding hydrogens is 272 g/mol. The molecule has 106 valence electrons. The molecule has 8 heteroatoms. The van der Waals surface area contributed by atoms with Gasteiger partial charge in [-0.15, -0.1) is 0 Å². The lowest BCUT2D eigenvalue weighted by atomic mass is 10.3. The lowest BCUT2D eigenvalue weighted by Crippen LogP contribution is -2.45. The van der Waals surface area contributed by atoms with Gasteiger partial charge in [-0.1, -0.05) is 18.2 Å². The highest BCUT2D eigenvalue weighted by molar-refractivity contribution is 7.89. The van der Waals surface area contributed by atoms with E-state index in [9.17, 15) is 13.2 Å². The number of nitrogens with one attached hydrogen (secondary N) is 2. The number of carbonyl (C=O) groups excluding carboxylic acids is 1. The third-order valence-electron chi connectivity index (χ3n) is 2.28. The number of rotatable bonds is 7. The lowest BCUT2D eigenvalue weighted by molar-refractivity contribution is -0.121. The minimum absolute atomic E-state index is 0.0590. The van der Waals surface area contributed by atoms with E-state index in [0.717, 1.165) is 0 Å². The van der Waals surface area contributed by atoms with Gasteiger partial charge in [0.05, 0.1) is 30.7 Å². The third-order valence-corrected chi connectivity index (χ3v) is 3.70. The molecule has 0 aliphatic rings. The molecule has 0 unspecified atom stereocenters. The highest BCUT2D eigenvalue weighted by Crippen LogP contribution is 2.06. The summed E-state index contributed by atoms with van der Waals surface area (Å²) in [6.45, 7) is -1.31. The third kappa shape index (κ3) is 4.95. The number of sulfonamides is 1. The van der Waals surface area contributed by atoms with Gasteiger partial charge >= 0.3 is 0 Å². The molecule has 1 amide bonds. The van der Waals surface area contributed by atoms with Crippen molar-refractivity contribution in [3.8, 4) is 0 Å². The summed E-state index contributed by atoms with van der Waals surface area (Å²) in [4.78, 5) is 11.4. The van der Waals surface area contributed by atoms with Gasteiger partial charge in [0.25, 0.3) is 0 Å². The molecule has 1 aromatic rings. The minimum Gasteiger partial charge on any atom is -0.394 e. The molecule has 1 rings (SSSR count). The molecule has 0 fully saturated rings. The summed E-state index contributed by atoms with van der Waals surface area (Å²) >= 11 is 0. The average Bonchev–Trinajstić information content (AvgIpc) is 2.43. The Hall–Kier alpha value is -1.48. The molecule has 4 N–H and O–H groups in total. The molecule has 0 aliphatic carbocycles. The van der Waals surface area contributed by atoms with Gasteiger partial charge in [0.2, 0.25) is 15.9 Å². The Bertz CT molecular complexity index is 499. The average molecular weight is 288 g/mol. The number of aliphatic hydroxyl groups is 2. The van der Waals surface area contributed by atoms with Crippen LogP contribution in [0, 0.1) is 0 Å². The van der Waals surface area contributed by atoms with Crippen molar-refractivity contribution in [2.45, 2.75) is 10.9 Å². The van der Waals surface area contributed by atoms with Crippen molar-refractivity contribution in [3.05, 3.63) is 30.3 Å². The van der Waals surface area contributed by atoms with Gasteiger partial charge in [-0.05, 0) is 12.1 Å². The molecule has 0 atom stereocenters. The monoisotopic (exact) mass is 288 g/mol. The molecule has 0 radical (unpaired) electrons. The van der Waals surface area contributed by atoms with Crippen LogP contribution >= 0.6 is 0 Å². The van der Waals surface area contributed by atoms with Crippen LogP contribution in [-0.2, 0) is 14.8 Å². The van der Waals surface area contributed by atoms with Gasteiger partial charge in [0.1, 0.15) is 0 Å². The highest BCUT2D eigenvalue weighted by Gasteiger charge is 2.16. The van der Waals surface area contributed by atoms with E-state index in [1.54, 1.807) is 18.2 Å². The van der Waals surface area contributed by atoms with Crippen LogP contribution in [0.2, 0.25) is 0 Å². The molecule has 0 aromatic heterocycles. The predicted octanol–water partition coefficient (Wildman–Crippen LogP) is -1.57. The number of hydrogen-bond donors (Lipinski definition) is 4. The topological polar surface area (TPSA) is 116 Å². The first-order valence-electron chi connectivity index (χ1n) is 5.55. The normalized spacial score (nSPS) is 11.5. The van der Waals surface area contributed by atoms with E-state index < -0.39 is 41.7 Å². The molecule has 0 saturated carbocycles. The first kappa shape index (κ1) is 15.6. The lowest BCUT2D eigenvalue weighted by Gasteiger charge is -2.13. The summed E-state index contributed by atoms with van der Waals surface area (Å²) < 4.78 is 25.7. The van der Waals surface area contributed by atoms with Gasteiger partial charge in [0.15, 0.2) is 0 Å². The zero-order valence-electron chi connectivity index (χ0n) is 10.1. The maximum absolute atomic E-state index is 11.8. The molecule has 0 bridgehead atoms. The molecule has 0 saturated heterocycles. The SMILES string of the molecule is O=C(CNS(=O)(=O)c1ccccc1)NC(CO)CO. The second-order valence-corrected chi connectivity index (χ2v) is 5.53. The Morgan fingerprint density at radius 2 is 1.74 bits per heavy atom. The van der Waals surface area contributed by atoms with Crippen LogP contribution < -0.4 is 10.0 Å². The Labute approximate surface area is 111 Å². The number of aliphatic hydroxyl groups excluding tert-OH is 2. The Balaban J connectivity index is 2.55. The maximum atomic E-state index is 11.8. The van der Waals surface area contributed by atoms with Gasteiger partial charge in [0, 0.05) is 0 Å². The fourth-order valence-corrected chi connectivity index (χ4v) is 2.27. The van der Waals surface area contributed by atoms with E-state index in [-0.39, 0.29) is 4.90 Å². The quantitative estimate of drug-likeness (QED) is 0.484. The molecule has 0 aliphatic heterocycles. The second kappa shape index (κ2) is 7.19. The van der Waals surface area contributed by atoms with E-state index >= 15 is 0 Å². The Kier molecular flexibility index (Phi) is 5.90. The zero-order valence-corrected chi connectivity index (χ0v) is 10.9. The summed E-state index contributed by atoms with van der Waals surface area (Å²) in [7, 11) is -3.74. The van der Waals surface area contributed by atoms with E-state index in [4.69, 9.17) is 10.2 Å². The second-order valence-electron chi connectivity index (χ2n) is 3.77. The molecule has 19 heavy (non-hydrogen) atoms. The van der Waals surface area contributed by atoms with E-state index in [0.29, 0.717) is 0 Å². The highest BCUT2D eigenvalue weighted by atomic mass is 32.2. The van der Waals surface area contributed by atoms with Crippen LogP contribution in [0.25, 0.3) is 0 Å². The Morgan fingerprint density at radius 3 is 2.26 bits per heavy atom. The first-order valence-corrected chi connectivity index (χ1v) is 7.03. The van der Waals surface area contributed by atoms with Crippen molar-refractivity contribution in [2.75, 3.05) is 19.8 Å². The van der Waals surface area contributed by atoms with Crippen LogP contribution in [-0.4, -0.2) is 50.3 Å².